The second kappa shape index (κ2) is 5.46. The Morgan fingerprint density at radius 3 is 2.10 bits per heavy atom. The van der Waals surface area contributed by atoms with Gasteiger partial charge in [-0.2, -0.15) is 0 Å². The maximum atomic E-state index is 13.6. The molecule has 0 saturated heterocycles. The van der Waals surface area contributed by atoms with Crippen LogP contribution in [0.25, 0.3) is 0 Å². The highest BCUT2D eigenvalue weighted by atomic mass is 19.2. The Balaban J connectivity index is 2.95. The van der Waals surface area contributed by atoms with E-state index in [9.17, 15) is 18.0 Å². The summed E-state index contributed by atoms with van der Waals surface area (Å²) in [6.07, 6.45) is 0.650. The number of hydrogen-bond acceptors (Lipinski definition) is 1. The lowest BCUT2D eigenvalue weighted by Gasteiger charge is -2.33. The zero-order valence-corrected chi connectivity index (χ0v) is 12.4. The third-order valence-corrected chi connectivity index (χ3v) is 2.70. The summed E-state index contributed by atoms with van der Waals surface area (Å²) < 4.78 is 39.5. The number of halogens is 3. The van der Waals surface area contributed by atoms with Crippen LogP contribution in [0.4, 0.5) is 13.2 Å². The molecule has 0 radical (unpaired) electrons. The van der Waals surface area contributed by atoms with Crippen LogP contribution in [0.1, 0.15) is 51.4 Å². The molecular weight excluding hydrogens is 267 g/mol. The summed E-state index contributed by atoms with van der Waals surface area (Å²) in [5, 5.41) is 2.65. The Labute approximate surface area is 117 Å². The average molecular weight is 287 g/mol. The summed E-state index contributed by atoms with van der Waals surface area (Å²) in [5.41, 5.74) is -1.12. The van der Waals surface area contributed by atoms with Crippen LogP contribution < -0.4 is 5.32 Å². The van der Waals surface area contributed by atoms with Gasteiger partial charge in [0.2, 0.25) is 0 Å². The third-order valence-electron chi connectivity index (χ3n) is 2.70. The van der Waals surface area contributed by atoms with E-state index in [1.165, 1.54) is 0 Å². The SMILES string of the molecule is CC(C)(C)CC(C)(C)NC(=O)c1ccc(F)c(F)c1F. The summed E-state index contributed by atoms with van der Waals surface area (Å²) >= 11 is 0. The highest BCUT2D eigenvalue weighted by molar-refractivity contribution is 5.94. The van der Waals surface area contributed by atoms with Gasteiger partial charge in [0.25, 0.3) is 5.91 Å². The first-order valence-corrected chi connectivity index (χ1v) is 6.39. The van der Waals surface area contributed by atoms with Crippen LogP contribution in [0.2, 0.25) is 0 Å². The van der Waals surface area contributed by atoms with Gasteiger partial charge >= 0.3 is 0 Å². The van der Waals surface area contributed by atoms with Gasteiger partial charge in [0.1, 0.15) is 0 Å². The molecule has 1 aromatic carbocycles. The van der Waals surface area contributed by atoms with Gasteiger partial charge < -0.3 is 5.32 Å². The highest BCUT2D eigenvalue weighted by Crippen LogP contribution is 2.27. The number of hydrogen-bond donors (Lipinski definition) is 1. The molecule has 0 aliphatic heterocycles. The monoisotopic (exact) mass is 287 g/mol. The quantitative estimate of drug-likeness (QED) is 0.835. The minimum absolute atomic E-state index is 0.0383. The van der Waals surface area contributed by atoms with Crippen molar-refractivity contribution in [1.29, 1.82) is 0 Å². The molecule has 5 heteroatoms. The van der Waals surface area contributed by atoms with Crippen molar-refractivity contribution in [1.82, 2.24) is 5.32 Å². The van der Waals surface area contributed by atoms with Gasteiger partial charge in [0.05, 0.1) is 5.56 Å². The Bertz CT molecular complexity index is 519. The molecule has 0 unspecified atom stereocenters. The van der Waals surface area contributed by atoms with Gasteiger partial charge in [-0.25, -0.2) is 13.2 Å². The van der Waals surface area contributed by atoms with E-state index in [1.54, 1.807) is 13.8 Å². The smallest absolute Gasteiger partial charge is 0.254 e. The number of rotatable bonds is 3. The molecule has 0 fully saturated rings. The lowest BCUT2D eigenvalue weighted by atomic mass is 9.81. The van der Waals surface area contributed by atoms with Crippen LogP contribution in [-0.4, -0.2) is 11.4 Å². The van der Waals surface area contributed by atoms with Crippen molar-refractivity contribution in [3.05, 3.63) is 35.1 Å². The maximum Gasteiger partial charge on any atom is 0.254 e. The second-order valence-corrected chi connectivity index (χ2v) is 6.80. The molecule has 0 bridgehead atoms. The zero-order valence-electron chi connectivity index (χ0n) is 12.4. The first-order chi connectivity index (χ1) is 8.93. The van der Waals surface area contributed by atoms with E-state index in [0.717, 1.165) is 12.1 Å². The molecular formula is C15H20F3NO. The van der Waals surface area contributed by atoms with Gasteiger partial charge in [0, 0.05) is 5.54 Å². The first-order valence-electron chi connectivity index (χ1n) is 6.39. The third kappa shape index (κ3) is 4.25. The van der Waals surface area contributed by atoms with E-state index in [4.69, 9.17) is 0 Å². The van der Waals surface area contributed by atoms with E-state index < -0.39 is 34.5 Å². The van der Waals surface area contributed by atoms with Crippen molar-refractivity contribution in [3.63, 3.8) is 0 Å². The number of carbonyl (C=O) groups excluding carboxylic acids is 1. The van der Waals surface area contributed by atoms with Crippen molar-refractivity contribution in [2.75, 3.05) is 0 Å². The summed E-state index contributed by atoms with van der Waals surface area (Å²) in [7, 11) is 0. The van der Waals surface area contributed by atoms with Gasteiger partial charge in [-0.05, 0) is 37.8 Å². The number of nitrogens with one attached hydrogen (secondary N) is 1. The van der Waals surface area contributed by atoms with Crippen molar-refractivity contribution in [3.8, 4) is 0 Å². The van der Waals surface area contributed by atoms with Crippen molar-refractivity contribution >= 4 is 5.91 Å². The summed E-state index contributed by atoms with van der Waals surface area (Å²) in [6, 6.07) is 1.68. The fraction of sp³-hybridized carbons (Fsp3) is 0.533. The fourth-order valence-electron chi connectivity index (χ4n) is 2.45. The van der Waals surface area contributed by atoms with E-state index in [1.807, 2.05) is 20.8 Å². The Hall–Kier alpha value is -1.52. The fourth-order valence-corrected chi connectivity index (χ4v) is 2.45. The minimum atomic E-state index is -1.63. The van der Waals surface area contributed by atoms with Crippen LogP contribution in [0.3, 0.4) is 0 Å². The predicted octanol–water partition coefficient (Wildman–Crippen LogP) is 4.05. The van der Waals surface area contributed by atoms with Crippen LogP contribution in [-0.2, 0) is 0 Å². The maximum absolute atomic E-state index is 13.6. The number of amides is 1. The van der Waals surface area contributed by atoms with Gasteiger partial charge in [-0.1, -0.05) is 20.8 Å². The summed E-state index contributed by atoms with van der Waals surface area (Å²) in [5.74, 6) is -5.16. The molecule has 0 aliphatic carbocycles. The average Bonchev–Trinajstić information content (AvgIpc) is 2.21. The topological polar surface area (TPSA) is 29.1 Å². The summed E-state index contributed by atoms with van der Waals surface area (Å²) in [6.45, 7) is 9.64. The molecule has 112 valence electrons. The molecule has 20 heavy (non-hydrogen) atoms. The standard InChI is InChI=1S/C15H20F3NO/c1-14(2,3)8-15(4,5)19-13(20)9-6-7-10(16)12(18)11(9)17/h6-7H,8H2,1-5H3,(H,19,20). The van der Waals surface area contributed by atoms with Gasteiger partial charge in [-0.15, -0.1) is 0 Å². The van der Waals surface area contributed by atoms with Crippen molar-refractivity contribution in [2.24, 2.45) is 5.41 Å². The molecule has 1 aromatic rings. The largest absolute Gasteiger partial charge is 0.347 e. The predicted molar refractivity (Wildman–Crippen MR) is 71.9 cm³/mol. The molecule has 0 saturated carbocycles. The first kappa shape index (κ1) is 16.5. The van der Waals surface area contributed by atoms with E-state index in [-0.39, 0.29) is 5.41 Å². The molecule has 1 amide bonds. The van der Waals surface area contributed by atoms with Crippen LogP contribution in [0.5, 0.6) is 0 Å². The van der Waals surface area contributed by atoms with Crippen LogP contribution in [0, 0.1) is 22.9 Å². The second-order valence-electron chi connectivity index (χ2n) is 6.80. The summed E-state index contributed by atoms with van der Waals surface area (Å²) in [4.78, 5) is 12.0. The molecule has 1 N–H and O–H groups in total. The lowest BCUT2D eigenvalue weighted by Crippen LogP contribution is -2.46. The molecule has 0 heterocycles. The minimum Gasteiger partial charge on any atom is -0.347 e. The Morgan fingerprint density at radius 1 is 1.05 bits per heavy atom. The Kier molecular flexibility index (Phi) is 4.52. The van der Waals surface area contributed by atoms with E-state index in [0.29, 0.717) is 6.42 Å². The molecule has 0 atom stereocenters. The molecule has 2 nitrogen and oxygen atoms in total. The molecule has 0 aliphatic rings. The normalized spacial score (nSPS) is 12.4. The van der Waals surface area contributed by atoms with Gasteiger partial charge in [0.15, 0.2) is 17.5 Å². The van der Waals surface area contributed by atoms with E-state index >= 15 is 0 Å². The van der Waals surface area contributed by atoms with Crippen molar-refractivity contribution < 1.29 is 18.0 Å². The number of carbonyl (C=O) groups is 1. The molecule has 0 aromatic heterocycles. The van der Waals surface area contributed by atoms with Crippen molar-refractivity contribution in [2.45, 2.75) is 46.6 Å². The highest BCUT2D eigenvalue weighted by Gasteiger charge is 2.29. The van der Waals surface area contributed by atoms with Gasteiger partial charge in [-0.3, -0.25) is 4.79 Å². The molecule has 1 rings (SSSR count). The zero-order chi connectivity index (χ0) is 15.7. The van der Waals surface area contributed by atoms with Crippen LogP contribution in [0.15, 0.2) is 12.1 Å². The number of benzene rings is 1. The van der Waals surface area contributed by atoms with Crippen LogP contribution >= 0.6 is 0 Å². The lowest BCUT2D eigenvalue weighted by molar-refractivity contribution is 0.0886. The molecule has 0 spiro atoms. The Morgan fingerprint density at radius 2 is 1.60 bits per heavy atom. The van der Waals surface area contributed by atoms with E-state index in [2.05, 4.69) is 5.32 Å².